The summed E-state index contributed by atoms with van der Waals surface area (Å²) in [5, 5.41) is 0.502. The van der Waals surface area contributed by atoms with E-state index in [1.807, 2.05) is 0 Å². The molecule has 144 valence electrons. The van der Waals surface area contributed by atoms with E-state index in [2.05, 4.69) is 12.2 Å². The Morgan fingerprint density at radius 2 is 1.57 bits per heavy atom. The minimum Gasteiger partial charge on any atom is -0.456 e. The number of amides is 2. The number of ketones is 1. The summed E-state index contributed by atoms with van der Waals surface area (Å²) >= 11 is 5.78. The second kappa shape index (κ2) is 6.27. The zero-order valence-electron chi connectivity index (χ0n) is 14.9. The lowest BCUT2D eigenvalue weighted by molar-refractivity contribution is -0.152. The minimum atomic E-state index is -0.756. The van der Waals surface area contributed by atoms with Gasteiger partial charge in [0.25, 0.3) is 0 Å². The number of benzene rings is 1. The van der Waals surface area contributed by atoms with Gasteiger partial charge in [0.2, 0.25) is 11.8 Å². The fourth-order valence-corrected chi connectivity index (χ4v) is 5.34. The summed E-state index contributed by atoms with van der Waals surface area (Å²) in [7, 11) is 0. The highest BCUT2D eigenvalue weighted by Crippen LogP contribution is 2.65. The van der Waals surface area contributed by atoms with E-state index < -0.39 is 19.1 Å². The van der Waals surface area contributed by atoms with Gasteiger partial charge in [0.05, 0.1) is 11.8 Å². The lowest BCUT2D eigenvalue weighted by Crippen LogP contribution is -2.40. The fourth-order valence-electron chi connectivity index (χ4n) is 5.21. The van der Waals surface area contributed by atoms with E-state index in [4.69, 9.17) is 16.3 Å². The Morgan fingerprint density at radius 3 is 2.14 bits per heavy atom. The molecular formula is C21H18ClNO5. The number of hydrogen-bond acceptors (Lipinski definition) is 5. The normalized spacial score (nSPS) is 34.2. The number of carbonyl (C=O) groups excluding carboxylic acids is 4. The summed E-state index contributed by atoms with van der Waals surface area (Å²) in [5.74, 6) is -1.11. The first-order valence-corrected chi connectivity index (χ1v) is 9.81. The molecule has 6 atom stereocenters. The van der Waals surface area contributed by atoms with Crippen LogP contribution in [0.4, 0.5) is 0 Å². The maximum atomic E-state index is 12.8. The summed E-state index contributed by atoms with van der Waals surface area (Å²) in [6, 6.07) is 6.25. The maximum absolute atomic E-state index is 12.8. The van der Waals surface area contributed by atoms with Gasteiger partial charge in [-0.15, -0.1) is 0 Å². The van der Waals surface area contributed by atoms with Crippen molar-refractivity contribution in [2.45, 2.75) is 6.42 Å². The molecule has 2 bridgehead atoms. The molecule has 1 aliphatic heterocycles. The van der Waals surface area contributed by atoms with Crippen LogP contribution in [0.2, 0.25) is 5.02 Å². The van der Waals surface area contributed by atoms with E-state index in [-0.39, 0.29) is 41.3 Å². The predicted molar refractivity (Wildman–Crippen MR) is 98.2 cm³/mol. The van der Waals surface area contributed by atoms with Crippen molar-refractivity contribution in [3.8, 4) is 0 Å². The third kappa shape index (κ3) is 2.62. The van der Waals surface area contributed by atoms with E-state index in [1.165, 1.54) is 0 Å². The molecule has 0 unspecified atom stereocenters. The van der Waals surface area contributed by atoms with E-state index in [0.29, 0.717) is 22.4 Å². The fraction of sp³-hybridized carbons (Fsp3) is 0.429. The third-order valence-corrected chi connectivity index (χ3v) is 6.82. The molecule has 2 amide bonds. The molecule has 6 nitrogen and oxygen atoms in total. The summed E-state index contributed by atoms with van der Waals surface area (Å²) < 4.78 is 5.02. The molecule has 28 heavy (non-hydrogen) atoms. The van der Waals surface area contributed by atoms with Gasteiger partial charge >= 0.3 is 5.97 Å². The van der Waals surface area contributed by atoms with Gasteiger partial charge in [-0.25, -0.2) is 0 Å². The van der Waals surface area contributed by atoms with Crippen LogP contribution in [0.15, 0.2) is 36.4 Å². The monoisotopic (exact) mass is 399 g/mol. The number of carbonyl (C=O) groups is 4. The Kier molecular flexibility index (Phi) is 3.95. The molecule has 1 saturated heterocycles. The Morgan fingerprint density at radius 1 is 1.00 bits per heavy atom. The van der Waals surface area contributed by atoms with E-state index in [9.17, 15) is 19.2 Å². The van der Waals surface area contributed by atoms with Crippen LogP contribution in [0, 0.1) is 35.5 Å². The first-order chi connectivity index (χ1) is 13.5. The molecule has 3 fully saturated rings. The molecule has 7 heteroatoms. The second-order valence-corrected chi connectivity index (χ2v) is 8.44. The summed E-state index contributed by atoms with van der Waals surface area (Å²) in [4.78, 5) is 50.9. The van der Waals surface area contributed by atoms with Gasteiger partial charge in [-0.2, -0.15) is 0 Å². The van der Waals surface area contributed by atoms with Gasteiger partial charge in [-0.3, -0.25) is 24.1 Å². The highest BCUT2D eigenvalue weighted by Gasteiger charge is 2.67. The Hall–Kier alpha value is -2.47. The number of nitrogens with zero attached hydrogens (tertiary/aromatic N) is 1. The molecule has 2 saturated carbocycles. The summed E-state index contributed by atoms with van der Waals surface area (Å²) in [6.45, 7) is -0.881. The molecule has 1 heterocycles. The van der Waals surface area contributed by atoms with Crippen molar-refractivity contribution in [1.82, 2.24) is 4.90 Å². The average Bonchev–Trinajstić information content (AvgIpc) is 3.48. The number of likely N-dealkylation sites (tertiary alicyclic amines) is 1. The van der Waals surface area contributed by atoms with Crippen LogP contribution in [0.1, 0.15) is 16.8 Å². The van der Waals surface area contributed by atoms with Gasteiger partial charge in [0, 0.05) is 10.6 Å². The largest absolute Gasteiger partial charge is 0.456 e. The number of allylic oxidation sites excluding steroid dienone is 2. The van der Waals surface area contributed by atoms with E-state index in [0.717, 1.165) is 11.3 Å². The van der Waals surface area contributed by atoms with Crippen molar-refractivity contribution in [1.29, 1.82) is 0 Å². The molecule has 6 rings (SSSR count). The van der Waals surface area contributed by atoms with Gasteiger partial charge in [-0.1, -0.05) is 23.8 Å². The topological polar surface area (TPSA) is 80.8 Å². The lowest BCUT2D eigenvalue weighted by Gasteiger charge is -2.37. The van der Waals surface area contributed by atoms with Crippen molar-refractivity contribution in [3.63, 3.8) is 0 Å². The Balaban J connectivity index is 1.21. The summed E-state index contributed by atoms with van der Waals surface area (Å²) in [6.07, 6.45) is 5.25. The van der Waals surface area contributed by atoms with Crippen LogP contribution >= 0.6 is 11.6 Å². The van der Waals surface area contributed by atoms with Crippen LogP contribution in [-0.4, -0.2) is 41.6 Å². The molecule has 4 aliphatic carbocycles. The van der Waals surface area contributed by atoms with Crippen LogP contribution < -0.4 is 0 Å². The Bertz CT molecular complexity index is 887. The highest BCUT2D eigenvalue weighted by atomic mass is 35.5. The first kappa shape index (κ1) is 17.6. The molecule has 0 aromatic heterocycles. The maximum Gasteiger partial charge on any atom is 0.326 e. The quantitative estimate of drug-likeness (QED) is 0.328. The highest BCUT2D eigenvalue weighted by molar-refractivity contribution is 6.30. The number of esters is 1. The third-order valence-electron chi connectivity index (χ3n) is 6.57. The second-order valence-electron chi connectivity index (χ2n) is 8.01. The van der Waals surface area contributed by atoms with Crippen LogP contribution in [0.5, 0.6) is 0 Å². The zero-order valence-corrected chi connectivity index (χ0v) is 15.7. The van der Waals surface area contributed by atoms with Gasteiger partial charge in [0.1, 0.15) is 6.54 Å². The molecule has 1 aromatic carbocycles. The number of imide groups is 1. The van der Waals surface area contributed by atoms with Crippen molar-refractivity contribution in [3.05, 3.63) is 47.0 Å². The molecule has 5 aliphatic rings. The number of hydrogen-bond donors (Lipinski definition) is 0. The van der Waals surface area contributed by atoms with Gasteiger partial charge in [0.15, 0.2) is 12.4 Å². The van der Waals surface area contributed by atoms with E-state index in [1.54, 1.807) is 24.3 Å². The smallest absolute Gasteiger partial charge is 0.326 e. The molecule has 1 aromatic rings. The van der Waals surface area contributed by atoms with Crippen molar-refractivity contribution >= 4 is 35.2 Å². The van der Waals surface area contributed by atoms with Crippen molar-refractivity contribution in [2.75, 3.05) is 13.2 Å². The Labute approximate surface area is 166 Å². The number of ether oxygens (including phenoxy) is 1. The van der Waals surface area contributed by atoms with Crippen LogP contribution in [-0.2, 0) is 19.1 Å². The minimum absolute atomic E-state index is 0.115. The SMILES string of the molecule is O=C(CN1C(=O)[C@@H]2[C@H]3C=C[C@H]([C@H]4C[C@H]34)[C@@H]2C1=O)OCC(=O)c1ccc(Cl)cc1. The number of halogens is 1. The van der Waals surface area contributed by atoms with Crippen LogP contribution in [0.3, 0.4) is 0 Å². The molecular weight excluding hydrogens is 382 g/mol. The van der Waals surface area contributed by atoms with E-state index >= 15 is 0 Å². The number of Topliss-reactive ketones (excluding diaryl/α,β-unsaturated/α-hetero) is 1. The molecule has 0 radical (unpaired) electrons. The van der Waals surface area contributed by atoms with Crippen LogP contribution in [0.25, 0.3) is 0 Å². The molecule has 0 N–H and O–H groups in total. The average molecular weight is 400 g/mol. The summed E-state index contributed by atoms with van der Waals surface area (Å²) in [5.41, 5.74) is 0.374. The molecule has 0 spiro atoms. The van der Waals surface area contributed by atoms with Gasteiger partial charge in [-0.05, 0) is 54.4 Å². The first-order valence-electron chi connectivity index (χ1n) is 9.43. The van der Waals surface area contributed by atoms with Crippen molar-refractivity contribution < 1.29 is 23.9 Å². The standard InChI is InChI=1S/C21H18ClNO5/c22-11-3-1-10(2-4-11)16(24)9-28-17(25)8-23-20(26)18-12-5-6-13(15-7-14(12)15)19(18)21(23)27/h1-6,12-15,18-19H,7-9H2/t12-,13+,14-,15-,18+,19-/m1/s1. The predicted octanol–water partition coefficient (Wildman–Crippen LogP) is 2.12. The van der Waals surface area contributed by atoms with Crippen molar-refractivity contribution in [2.24, 2.45) is 35.5 Å². The van der Waals surface area contributed by atoms with Gasteiger partial charge < -0.3 is 4.74 Å². The lowest BCUT2D eigenvalue weighted by atomic mass is 9.63. The zero-order chi connectivity index (χ0) is 19.6. The number of rotatable bonds is 5.